The van der Waals surface area contributed by atoms with Gasteiger partial charge in [0.1, 0.15) is 0 Å². The van der Waals surface area contributed by atoms with Gasteiger partial charge in [-0.2, -0.15) is 0 Å². The standard InChI is InChI=1S/C13H24N2O4/c1-6-18-12(16)11(13(17)19-7-2)10-14-8-9-15(3,4)5/h10H,6-9H2,1-5H3/p+1. The summed E-state index contributed by atoms with van der Waals surface area (Å²) >= 11 is 0. The molecule has 0 aliphatic heterocycles. The van der Waals surface area contributed by atoms with Crippen molar-refractivity contribution in [2.45, 2.75) is 13.8 Å². The van der Waals surface area contributed by atoms with Crippen LogP contribution in [0.3, 0.4) is 0 Å². The molecule has 110 valence electrons. The lowest BCUT2D eigenvalue weighted by molar-refractivity contribution is -0.869. The van der Waals surface area contributed by atoms with E-state index in [-0.39, 0.29) is 18.8 Å². The quantitative estimate of drug-likeness (QED) is 0.172. The van der Waals surface area contributed by atoms with Gasteiger partial charge in [-0.05, 0) is 13.8 Å². The molecule has 0 amide bonds. The number of rotatable bonds is 8. The summed E-state index contributed by atoms with van der Waals surface area (Å²) in [4.78, 5) is 23.2. The summed E-state index contributed by atoms with van der Waals surface area (Å²) < 4.78 is 10.4. The Morgan fingerprint density at radius 1 is 1.05 bits per heavy atom. The molecule has 6 heteroatoms. The highest BCUT2D eigenvalue weighted by molar-refractivity contribution is 6.13. The highest BCUT2D eigenvalue weighted by Crippen LogP contribution is 2.01. The molecule has 0 radical (unpaired) electrons. The van der Waals surface area contributed by atoms with Crippen LogP contribution in [-0.2, 0) is 19.1 Å². The second kappa shape index (κ2) is 8.53. The van der Waals surface area contributed by atoms with Crippen LogP contribution in [0.2, 0.25) is 0 Å². The number of quaternary nitrogens is 1. The maximum atomic E-state index is 11.6. The van der Waals surface area contributed by atoms with Crippen LogP contribution >= 0.6 is 0 Å². The molecule has 0 rings (SSSR count). The maximum Gasteiger partial charge on any atom is 0.347 e. The van der Waals surface area contributed by atoms with E-state index in [0.29, 0.717) is 6.54 Å². The van der Waals surface area contributed by atoms with Crippen LogP contribution in [0, 0.1) is 0 Å². The fourth-order valence-electron chi connectivity index (χ4n) is 1.19. The van der Waals surface area contributed by atoms with Crippen molar-refractivity contribution in [3.63, 3.8) is 0 Å². The first-order valence-electron chi connectivity index (χ1n) is 6.40. The highest BCUT2D eigenvalue weighted by Gasteiger charge is 2.20. The number of nitrogens with zero attached hydrogens (tertiary/aromatic N) is 1. The number of hydrogen-bond acceptors (Lipinski definition) is 5. The zero-order chi connectivity index (χ0) is 14.9. The largest absolute Gasteiger partial charge is 0.462 e. The predicted molar refractivity (Wildman–Crippen MR) is 72.3 cm³/mol. The van der Waals surface area contributed by atoms with Crippen molar-refractivity contribution in [2.75, 3.05) is 47.4 Å². The van der Waals surface area contributed by atoms with Gasteiger partial charge in [0.2, 0.25) is 0 Å². The van der Waals surface area contributed by atoms with Crippen LogP contribution in [0.4, 0.5) is 0 Å². The molecular weight excluding hydrogens is 248 g/mol. The van der Waals surface area contributed by atoms with Gasteiger partial charge in [-0.25, -0.2) is 9.59 Å². The van der Waals surface area contributed by atoms with Crippen molar-refractivity contribution >= 4 is 11.9 Å². The zero-order valence-electron chi connectivity index (χ0n) is 12.5. The third kappa shape index (κ3) is 8.20. The predicted octanol–water partition coefficient (Wildman–Crippen LogP) is 0.292. The lowest BCUT2D eigenvalue weighted by Crippen LogP contribution is -2.39. The van der Waals surface area contributed by atoms with Crippen molar-refractivity contribution in [3.8, 4) is 0 Å². The van der Waals surface area contributed by atoms with E-state index in [2.05, 4.69) is 26.5 Å². The molecule has 0 saturated heterocycles. The molecule has 0 aromatic heterocycles. The van der Waals surface area contributed by atoms with E-state index in [1.54, 1.807) is 13.8 Å². The van der Waals surface area contributed by atoms with Crippen LogP contribution < -0.4 is 5.32 Å². The number of carbonyl (C=O) groups is 2. The molecule has 0 saturated carbocycles. The summed E-state index contributed by atoms with van der Waals surface area (Å²) in [6.45, 7) is 5.31. The molecule has 0 unspecified atom stereocenters. The fraction of sp³-hybridized carbons (Fsp3) is 0.692. The molecule has 1 N–H and O–H groups in total. The fourth-order valence-corrected chi connectivity index (χ4v) is 1.19. The van der Waals surface area contributed by atoms with E-state index in [0.717, 1.165) is 11.0 Å². The molecule has 0 fully saturated rings. The lowest BCUT2D eigenvalue weighted by Gasteiger charge is -2.23. The Balaban J connectivity index is 4.56. The van der Waals surface area contributed by atoms with Gasteiger partial charge in [0.15, 0.2) is 5.57 Å². The van der Waals surface area contributed by atoms with Crippen LogP contribution in [-0.4, -0.2) is 63.9 Å². The molecule has 0 aromatic rings. The molecule has 0 spiro atoms. The minimum Gasteiger partial charge on any atom is -0.462 e. The number of hydrogen-bond donors (Lipinski definition) is 1. The SMILES string of the molecule is CCOC(=O)C(=CNCC[N+](C)(C)C)C(=O)OCC. The summed E-state index contributed by atoms with van der Waals surface area (Å²) in [5.41, 5.74) is -0.106. The smallest absolute Gasteiger partial charge is 0.347 e. The summed E-state index contributed by atoms with van der Waals surface area (Å²) in [6, 6.07) is 0. The Bertz CT molecular complexity index is 312. The van der Waals surface area contributed by atoms with Crippen molar-refractivity contribution < 1.29 is 23.5 Å². The van der Waals surface area contributed by atoms with Gasteiger partial charge >= 0.3 is 11.9 Å². The Morgan fingerprint density at radius 3 is 1.89 bits per heavy atom. The van der Waals surface area contributed by atoms with Crippen molar-refractivity contribution in [1.82, 2.24) is 5.32 Å². The van der Waals surface area contributed by atoms with Gasteiger partial charge in [-0.1, -0.05) is 0 Å². The van der Waals surface area contributed by atoms with Gasteiger partial charge < -0.3 is 19.3 Å². The Hall–Kier alpha value is -1.56. The van der Waals surface area contributed by atoms with E-state index >= 15 is 0 Å². The van der Waals surface area contributed by atoms with E-state index in [9.17, 15) is 9.59 Å². The normalized spacial score (nSPS) is 10.6. The Morgan fingerprint density at radius 2 is 1.53 bits per heavy atom. The van der Waals surface area contributed by atoms with Crippen molar-refractivity contribution in [2.24, 2.45) is 0 Å². The van der Waals surface area contributed by atoms with Gasteiger partial charge in [0.25, 0.3) is 0 Å². The second-order valence-electron chi connectivity index (χ2n) is 4.97. The average Bonchev–Trinajstić information content (AvgIpc) is 2.27. The van der Waals surface area contributed by atoms with Gasteiger partial charge in [-0.3, -0.25) is 0 Å². The van der Waals surface area contributed by atoms with Gasteiger partial charge in [0.05, 0.1) is 47.4 Å². The molecule has 6 nitrogen and oxygen atoms in total. The Labute approximate surface area is 114 Å². The number of likely N-dealkylation sites (N-methyl/N-ethyl adjacent to an activating group) is 1. The number of esters is 2. The maximum absolute atomic E-state index is 11.6. The molecule has 0 aliphatic rings. The summed E-state index contributed by atoms with van der Waals surface area (Å²) in [7, 11) is 6.18. The zero-order valence-corrected chi connectivity index (χ0v) is 12.5. The first kappa shape index (κ1) is 17.4. The van der Waals surface area contributed by atoms with Crippen LogP contribution in [0.25, 0.3) is 0 Å². The molecular formula is C13H25N2O4+. The molecule has 19 heavy (non-hydrogen) atoms. The Kier molecular flexibility index (Phi) is 7.83. The highest BCUT2D eigenvalue weighted by atomic mass is 16.6. The third-order valence-electron chi connectivity index (χ3n) is 2.16. The van der Waals surface area contributed by atoms with Crippen LogP contribution in [0.15, 0.2) is 11.8 Å². The summed E-state index contributed by atoms with van der Waals surface area (Å²) in [5, 5.41) is 2.94. The van der Waals surface area contributed by atoms with Crippen molar-refractivity contribution in [1.29, 1.82) is 0 Å². The van der Waals surface area contributed by atoms with Crippen LogP contribution in [0.1, 0.15) is 13.8 Å². The molecule has 0 aliphatic carbocycles. The third-order valence-corrected chi connectivity index (χ3v) is 2.16. The monoisotopic (exact) mass is 273 g/mol. The average molecular weight is 273 g/mol. The first-order valence-corrected chi connectivity index (χ1v) is 6.40. The minimum absolute atomic E-state index is 0.106. The summed E-state index contributed by atoms with van der Waals surface area (Å²) in [6.07, 6.45) is 1.37. The molecule has 0 aromatic carbocycles. The molecule has 0 bridgehead atoms. The van der Waals surface area contributed by atoms with Crippen molar-refractivity contribution in [3.05, 3.63) is 11.8 Å². The second-order valence-corrected chi connectivity index (χ2v) is 4.97. The molecule has 0 heterocycles. The molecule has 0 atom stereocenters. The van der Waals surface area contributed by atoms with Crippen LogP contribution in [0.5, 0.6) is 0 Å². The number of carbonyl (C=O) groups excluding carboxylic acids is 2. The van der Waals surface area contributed by atoms with E-state index in [4.69, 9.17) is 9.47 Å². The summed E-state index contributed by atoms with van der Waals surface area (Å²) in [5.74, 6) is -1.34. The number of ether oxygens (including phenoxy) is 2. The topological polar surface area (TPSA) is 64.6 Å². The first-order chi connectivity index (χ1) is 8.81. The van der Waals surface area contributed by atoms with E-state index in [1.807, 2.05) is 0 Å². The number of nitrogens with one attached hydrogen (secondary N) is 1. The lowest BCUT2D eigenvalue weighted by atomic mass is 10.3. The minimum atomic E-state index is -0.668. The van der Waals surface area contributed by atoms with E-state index < -0.39 is 11.9 Å². The van der Waals surface area contributed by atoms with Gasteiger partial charge in [0, 0.05) is 6.20 Å². The van der Waals surface area contributed by atoms with Gasteiger partial charge in [-0.15, -0.1) is 0 Å². The van der Waals surface area contributed by atoms with E-state index in [1.165, 1.54) is 6.20 Å².